The summed E-state index contributed by atoms with van der Waals surface area (Å²) in [4.78, 5) is 11.6. The van der Waals surface area contributed by atoms with Crippen molar-refractivity contribution in [2.45, 2.75) is 13.1 Å². The summed E-state index contributed by atoms with van der Waals surface area (Å²) in [6.45, 7) is 2.35. The normalized spacial score (nSPS) is 11.0. The number of aryl methyl sites for hydroxylation is 1. The van der Waals surface area contributed by atoms with Gasteiger partial charge in [0.15, 0.2) is 10.8 Å². The third-order valence-corrected chi connectivity index (χ3v) is 2.28. The van der Waals surface area contributed by atoms with E-state index in [0.717, 1.165) is 4.68 Å². The van der Waals surface area contributed by atoms with Crippen LogP contribution < -0.4 is 16.2 Å². The van der Waals surface area contributed by atoms with Crippen molar-refractivity contribution in [2.24, 2.45) is 7.05 Å². The van der Waals surface area contributed by atoms with Crippen LogP contribution in [-0.2, 0) is 13.2 Å². The van der Waals surface area contributed by atoms with Crippen LogP contribution in [0.5, 0.6) is 0 Å². The van der Waals surface area contributed by atoms with E-state index in [-0.39, 0.29) is 10.8 Å². The molecule has 0 saturated carbocycles. The maximum Gasteiger partial charge on any atom is 0.435 e. The van der Waals surface area contributed by atoms with Crippen LogP contribution in [-0.4, -0.2) is 27.3 Å². The number of thiocarbonyl (C=S) groups is 1. The molecule has 1 rings (SSSR count). The number of carbonyl (C=O) groups is 1. The van der Waals surface area contributed by atoms with Crippen molar-refractivity contribution >= 4 is 23.2 Å². The second-order valence-electron chi connectivity index (χ2n) is 3.47. The molecular weight excluding hydrogens is 283 g/mol. The number of rotatable bonds is 2. The number of carbonyl (C=O) groups excluding carboxylic acids is 1. The van der Waals surface area contributed by atoms with Crippen molar-refractivity contribution in [1.82, 2.24) is 25.9 Å². The fraction of sp³-hybridized carbons (Fsp3) is 0.444. The first-order valence-electron chi connectivity index (χ1n) is 5.21. The molecule has 0 bridgehead atoms. The van der Waals surface area contributed by atoms with Gasteiger partial charge in [-0.15, -0.1) is 0 Å². The van der Waals surface area contributed by atoms with E-state index in [1.54, 1.807) is 6.92 Å². The van der Waals surface area contributed by atoms with Crippen molar-refractivity contribution in [2.75, 3.05) is 6.54 Å². The van der Waals surface area contributed by atoms with Crippen LogP contribution in [0.3, 0.4) is 0 Å². The van der Waals surface area contributed by atoms with Crippen LogP contribution in [0.4, 0.5) is 13.2 Å². The highest BCUT2D eigenvalue weighted by atomic mass is 32.1. The summed E-state index contributed by atoms with van der Waals surface area (Å²) in [7, 11) is 1.24. The molecule has 10 heteroatoms. The fourth-order valence-electron chi connectivity index (χ4n) is 1.20. The number of alkyl halides is 3. The van der Waals surface area contributed by atoms with E-state index < -0.39 is 17.8 Å². The Kier molecular flexibility index (Phi) is 4.70. The number of hydrazine groups is 1. The minimum atomic E-state index is -4.59. The summed E-state index contributed by atoms with van der Waals surface area (Å²) in [5.74, 6) is -0.772. The van der Waals surface area contributed by atoms with Gasteiger partial charge in [-0.2, -0.15) is 18.3 Å². The highest BCUT2D eigenvalue weighted by Crippen LogP contribution is 2.28. The summed E-state index contributed by atoms with van der Waals surface area (Å²) in [5, 5.41) is 6.08. The van der Waals surface area contributed by atoms with Crippen LogP contribution >= 0.6 is 12.2 Å². The number of amides is 1. The second kappa shape index (κ2) is 5.87. The molecule has 0 fully saturated rings. The lowest BCUT2D eigenvalue weighted by Gasteiger charge is -2.09. The second-order valence-corrected chi connectivity index (χ2v) is 3.88. The summed E-state index contributed by atoms with van der Waals surface area (Å²) in [5.41, 5.74) is 3.16. The van der Waals surface area contributed by atoms with Gasteiger partial charge in [0.2, 0.25) is 0 Å². The van der Waals surface area contributed by atoms with E-state index >= 15 is 0 Å². The third-order valence-electron chi connectivity index (χ3n) is 2.03. The van der Waals surface area contributed by atoms with Gasteiger partial charge in [-0.3, -0.25) is 20.3 Å². The molecule has 0 saturated heterocycles. The van der Waals surface area contributed by atoms with Gasteiger partial charge < -0.3 is 5.32 Å². The van der Waals surface area contributed by atoms with Crippen LogP contribution in [0.2, 0.25) is 0 Å². The molecule has 1 aromatic heterocycles. The van der Waals surface area contributed by atoms with Gasteiger partial charge in [0.05, 0.1) is 0 Å². The highest BCUT2D eigenvalue weighted by molar-refractivity contribution is 7.80. The lowest BCUT2D eigenvalue weighted by Crippen LogP contribution is -2.47. The Balaban J connectivity index is 2.73. The predicted molar refractivity (Wildman–Crippen MR) is 65.1 cm³/mol. The van der Waals surface area contributed by atoms with Crippen molar-refractivity contribution in [3.05, 3.63) is 17.5 Å². The molecule has 1 aromatic rings. The van der Waals surface area contributed by atoms with Crippen molar-refractivity contribution in [1.29, 1.82) is 0 Å². The molecule has 0 aliphatic rings. The summed E-state index contributed by atoms with van der Waals surface area (Å²) >= 11 is 4.78. The molecule has 0 spiro atoms. The standard InChI is InChI=1S/C9H12F3N5OS/c1-3-13-8(19)15-14-7(18)5-4-6(9(10,11)12)16-17(5)2/h4H,3H2,1-2H3,(H,14,18)(H2,13,15,19). The molecule has 3 N–H and O–H groups in total. The zero-order valence-electron chi connectivity index (χ0n) is 10.1. The molecule has 0 aromatic carbocycles. The van der Waals surface area contributed by atoms with Crippen molar-refractivity contribution in [3.63, 3.8) is 0 Å². The smallest absolute Gasteiger partial charge is 0.362 e. The van der Waals surface area contributed by atoms with Crippen LogP contribution in [0.15, 0.2) is 6.07 Å². The Bertz CT molecular complexity index is 485. The van der Waals surface area contributed by atoms with Gasteiger partial charge in [0, 0.05) is 19.7 Å². The quantitative estimate of drug-likeness (QED) is 0.549. The first-order chi connectivity index (χ1) is 8.75. The Hall–Kier alpha value is -1.84. The lowest BCUT2D eigenvalue weighted by atomic mass is 10.3. The zero-order valence-corrected chi connectivity index (χ0v) is 10.9. The molecule has 0 atom stereocenters. The Morgan fingerprint density at radius 1 is 1.47 bits per heavy atom. The Labute approximate surface area is 112 Å². The summed E-state index contributed by atoms with van der Waals surface area (Å²) in [6, 6.07) is 0.660. The maximum atomic E-state index is 12.4. The predicted octanol–water partition coefficient (Wildman–Crippen LogP) is 0.568. The van der Waals surface area contributed by atoms with E-state index in [4.69, 9.17) is 12.2 Å². The largest absolute Gasteiger partial charge is 0.435 e. The van der Waals surface area contributed by atoms with Gasteiger partial charge in [-0.1, -0.05) is 0 Å². The van der Waals surface area contributed by atoms with Crippen LogP contribution in [0.1, 0.15) is 23.1 Å². The number of nitrogens with zero attached hydrogens (tertiary/aromatic N) is 2. The van der Waals surface area contributed by atoms with Crippen LogP contribution in [0.25, 0.3) is 0 Å². The van der Waals surface area contributed by atoms with E-state index in [1.807, 2.05) is 0 Å². The molecular formula is C9H12F3N5OS. The minimum Gasteiger partial charge on any atom is -0.362 e. The molecule has 0 unspecified atom stereocenters. The van der Waals surface area contributed by atoms with Crippen molar-refractivity contribution in [3.8, 4) is 0 Å². The van der Waals surface area contributed by atoms with Crippen LogP contribution in [0, 0.1) is 0 Å². The SMILES string of the molecule is CCNC(=S)NNC(=O)c1cc(C(F)(F)F)nn1C. The maximum absolute atomic E-state index is 12.4. The first kappa shape index (κ1) is 15.2. The first-order valence-corrected chi connectivity index (χ1v) is 5.62. The molecule has 1 heterocycles. The van der Waals surface area contributed by atoms with E-state index in [0.29, 0.717) is 12.6 Å². The topological polar surface area (TPSA) is 71.0 Å². The molecule has 0 aliphatic carbocycles. The van der Waals surface area contributed by atoms with E-state index in [9.17, 15) is 18.0 Å². The van der Waals surface area contributed by atoms with Gasteiger partial charge in [-0.05, 0) is 19.1 Å². The Morgan fingerprint density at radius 2 is 2.11 bits per heavy atom. The molecule has 0 radical (unpaired) electrons. The lowest BCUT2D eigenvalue weighted by molar-refractivity contribution is -0.141. The van der Waals surface area contributed by atoms with Gasteiger partial charge in [0.1, 0.15) is 5.69 Å². The average Bonchev–Trinajstić information content (AvgIpc) is 2.68. The van der Waals surface area contributed by atoms with E-state index in [1.165, 1.54) is 7.05 Å². The molecule has 19 heavy (non-hydrogen) atoms. The number of hydrogen-bond donors (Lipinski definition) is 3. The zero-order chi connectivity index (χ0) is 14.6. The number of hydrogen-bond acceptors (Lipinski definition) is 3. The fourth-order valence-corrected chi connectivity index (χ4v) is 1.40. The minimum absolute atomic E-state index is 0.161. The summed E-state index contributed by atoms with van der Waals surface area (Å²) < 4.78 is 38.1. The molecule has 1 amide bonds. The van der Waals surface area contributed by atoms with Gasteiger partial charge >= 0.3 is 6.18 Å². The molecule has 106 valence electrons. The Morgan fingerprint density at radius 3 is 2.58 bits per heavy atom. The molecule has 0 aliphatic heterocycles. The van der Waals surface area contributed by atoms with Crippen molar-refractivity contribution < 1.29 is 18.0 Å². The molecule has 6 nitrogen and oxygen atoms in total. The monoisotopic (exact) mass is 295 g/mol. The third kappa shape index (κ3) is 4.09. The number of nitrogens with one attached hydrogen (secondary N) is 3. The van der Waals surface area contributed by atoms with E-state index in [2.05, 4.69) is 21.3 Å². The number of aromatic nitrogens is 2. The average molecular weight is 295 g/mol. The van der Waals surface area contributed by atoms with Gasteiger partial charge in [0.25, 0.3) is 5.91 Å². The summed E-state index contributed by atoms with van der Waals surface area (Å²) in [6.07, 6.45) is -4.59. The number of halogens is 3. The highest BCUT2D eigenvalue weighted by Gasteiger charge is 2.35. The van der Waals surface area contributed by atoms with Gasteiger partial charge in [-0.25, -0.2) is 0 Å².